The van der Waals surface area contributed by atoms with Crippen LogP contribution < -0.4 is 0 Å². The third-order valence-corrected chi connectivity index (χ3v) is 4.91. The molecule has 2 nitrogen and oxygen atoms in total. The number of rotatable bonds is 13. The molecular formula is C22H39NO. The highest BCUT2D eigenvalue weighted by Gasteiger charge is 2.16. The third-order valence-electron chi connectivity index (χ3n) is 4.91. The van der Waals surface area contributed by atoms with Crippen LogP contribution in [0.4, 0.5) is 0 Å². The molecule has 0 aromatic rings. The molecule has 0 atom stereocenters. The van der Waals surface area contributed by atoms with Gasteiger partial charge in [0.2, 0.25) is 5.91 Å². The third kappa shape index (κ3) is 10.7. The zero-order valence-corrected chi connectivity index (χ0v) is 16.2. The molecule has 1 amide bonds. The number of likely N-dealkylation sites (tertiary alicyclic amines) is 1. The van der Waals surface area contributed by atoms with Crippen molar-refractivity contribution in [2.24, 2.45) is 0 Å². The smallest absolute Gasteiger partial charge is 0.222 e. The van der Waals surface area contributed by atoms with Gasteiger partial charge in [-0.3, -0.25) is 4.79 Å². The van der Waals surface area contributed by atoms with Gasteiger partial charge in [0.05, 0.1) is 0 Å². The first kappa shape index (κ1) is 21.0. The first-order chi connectivity index (χ1) is 11.7. The summed E-state index contributed by atoms with van der Waals surface area (Å²) in [6.45, 7) is 6.51. The van der Waals surface area contributed by atoms with Gasteiger partial charge in [-0.25, -0.2) is 0 Å². The molecule has 0 bridgehead atoms. The molecule has 0 radical (unpaired) electrons. The molecule has 0 spiro atoms. The maximum atomic E-state index is 11.9. The zero-order valence-electron chi connectivity index (χ0n) is 16.2. The Morgan fingerprint density at radius 2 is 1.62 bits per heavy atom. The minimum absolute atomic E-state index is 0.369. The van der Waals surface area contributed by atoms with Crippen molar-refractivity contribution in [2.45, 2.75) is 97.3 Å². The predicted octanol–water partition coefficient (Wildman–Crippen LogP) is 6.42. The summed E-state index contributed by atoms with van der Waals surface area (Å²) in [5.74, 6) is 0.369. The predicted molar refractivity (Wildman–Crippen MR) is 105 cm³/mol. The van der Waals surface area contributed by atoms with Crippen LogP contribution in [0.25, 0.3) is 0 Å². The normalized spacial score (nSPS) is 15.6. The molecule has 0 aromatic carbocycles. The Morgan fingerprint density at radius 3 is 2.38 bits per heavy atom. The number of carbonyl (C=O) groups excluding carboxylic acids is 1. The van der Waals surface area contributed by atoms with Gasteiger partial charge < -0.3 is 4.90 Å². The number of carbonyl (C=O) groups is 1. The van der Waals surface area contributed by atoms with Gasteiger partial charge in [-0.2, -0.15) is 0 Å². The van der Waals surface area contributed by atoms with Crippen LogP contribution in [0, 0.1) is 0 Å². The standard InChI is InChI=1S/C22H39NO/c1-3-4-5-8-11-16-21(2)17-12-9-6-7-10-13-18-22(24)23-19-14-15-20-23/h6,9,17H,3-5,7-8,10-16,18-20H2,1-2H3/b9-6-,21-17-. The lowest BCUT2D eigenvalue weighted by molar-refractivity contribution is -0.130. The van der Waals surface area contributed by atoms with Gasteiger partial charge in [0.1, 0.15) is 0 Å². The molecule has 0 unspecified atom stereocenters. The van der Waals surface area contributed by atoms with Gasteiger partial charge in [0.15, 0.2) is 0 Å². The number of amides is 1. The van der Waals surface area contributed by atoms with Gasteiger partial charge in [0, 0.05) is 19.5 Å². The molecule has 0 aliphatic carbocycles. The largest absolute Gasteiger partial charge is 0.343 e. The first-order valence-electron chi connectivity index (χ1n) is 10.3. The van der Waals surface area contributed by atoms with E-state index in [9.17, 15) is 4.79 Å². The lowest BCUT2D eigenvalue weighted by Crippen LogP contribution is -2.27. The van der Waals surface area contributed by atoms with E-state index in [-0.39, 0.29) is 0 Å². The summed E-state index contributed by atoms with van der Waals surface area (Å²) >= 11 is 0. The van der Waals surface area contributed by atoms with E-state index in [2.05, 4.69) is 32.1 Å². The molecule has 1 aliphatic heterocycles. The van der Waals surface area contributed by atoms with Crippen LogP contribution in [0.3, 0.4) is 0 Å². The lowest BCUT2D eigenvalue weighted by Gasteiger charge is -2.14. The van der Waals surface area contributed by atoms with E-state index in [4.69, 9.17) is 0 Å². The SMILES string of the molecule is CCCCCCC/C(C)=C\C/C=C\CCCCC(=O)N1CCCC1. The van der Waals surface area contributed by atoms with Gasteiger partial charge >= 0.3 is 0 Å². The Labute approximate surface area is 150 Å². The molecule has 2 heteroatoms. The second-order valence-electron chi connectivity index (χ2n) is 7.26. The fourth-order valence-corrected chi connectivity index (χ4v) is 3.26. The molecule has 0 aromatic heterocycles. The fourth-order valence-electron chi connectivity index (χ4n) is 3.26. The van der Waals surface area contributed by atoms with Crippen molar-refractivity contribution < 1.29 is 4.79 Å². The lowest BCUT2D eigenvalue weighted by atomic mass is 10.1. The minimum Gasteiger partial charge on any atom is -0.343 e. The quantitative estimate of drug-likeness (QED) is 0.281. The van der Waals surface area contributed by atoms with E-state index in [1.54, 1.807) is 0 Å². The maximum absolute atomic E-state index is 11.9. The summed E-state index contributed by atoms with van der Waals surface area (Å²) in [5, 5.41) is 0. The number of nitrogens with zero attached hydrogens (tertiary/aromatic N) is 1. The summed E-state index contributed by atoms with van der Waals surface area (Å²) in [4.78, 5) is 13.9. The van der Waals surface area contributed by atoms with Crippen molar-refractivity contribution >= 4 is 5.91 Å². The second kappa shape index (κ2) is 14.3. The monoisotopic (exact) mass is 333 g/mol. The van der Waals surface area contributed by atoms with Gasteiger partial charge in [-0.1, -0.05) is 56.4 Å². The Balaban J connectivity index is 1.94. The van der Waals surface area contributed by atoms with Crippen LogP contribution in [0.5, 0.6) is 0 Å². The molecule has 1 rings (SSSR count). The van der Waals surface area contributed by atoms with E-state index in [1.807, 2.05) is 4.90 Å². The van der Waals surface area contributed by atoms with Crippen molar-refractivity contribution in [3.63, 3.8) is 0 Å². The second-order valence-corrected chi connectivity index (χ2v) is 7.26. The number of hydrogen-bond donors (Lipinski definition) is 0. The van der Waals surface area contributed by atoms with Crippen LogP contribution in [-0.4, -0.2) is 23.9 Å². The fraction of sp³-hybridized carbons (Fsp3) is 0.773. The molecule has 24 heavy (non-hydrogen) atoms. The average Bonchev–Trinajstić information content (AvgIpc) is 3.11. The van der Waals surface area contributed by atoms with E-state index in [1.165, 1.54) is 56.9 Å². The molecule has 1 fully saturated rings. The molecular weight excluding hydrogens is 294 g/mol. The maximum Gasteiger partial charge on any atom is 0.222 e. The van der Waals surface area contributed by atoms with E-state index in [0.717, 1.165) is 45.2 Å². The highest BCUT2D eigenvalue weighted by Crippen LogP contribution is 2.12. The average molecular weight is 334 g/mol. The summed E-state index contributed by atoms with van der Waals surface area (Å²) in [7, 11) is 0. The Bertz CT molecular complexity index is 377. The van der Waals surface area contributed by atoms with Crippen molar-refractivity contribution in [3.8, 4) is 0 Å². The summed E-state index contributed by atoms with van der Waals surface area (Å²) in [5.41, 5.74) is 1.53. The van der Waals surface area contributed by atoms with Gasteiger partial charge in [-0.15, -0.1) is 0 Å². The number of allylic oxidation sites excluding steroid dienone is 4. The first-order valence-corrected chi connectivity index (χ1v) is 10.3. The van der Waals surface area contributed by atoms with E-state index < -0.39 is 0 Å². The molecule has 1 saturated heterocycles. The molecule has 0 saturated carbocycles. The van der Waals surface area contributed by atoms with Crippen LogP contribution in [-0.2, 0) is 4.79 Å². The topological polar surface area (TPSA) is 20.3 Å². The van der Waals surface area contributed by atoms with Crippen LogP contribution in [0.2, 0.25) is 0 Å². The van der Waals surface area contributed by atoms with Crippen molar-refractivity contribution in [3.05, 3.63) is 23.8 Å². The Kier molecular flexibility index (Phi) is 12.5. The van der Waals surface area contributed by atoms with Crippen LogP contribution in [0.1, 0.15) is 97.3 Å². The highest BCUT2D eigenvalue weighted by atomic mass is 16.2. The van der Waals surface area contributed by atoms with Gasteiger partial charge in [-0.05, 0) is 58.3 Å². The van der Waals surface area contributed by atoms with Crippen LogP contribution >= 0.6 is 0 Å². The molecule has 138 valence electrons. The zero-order chi connectivity index (χ0) is 17.5. The van der Waals surface area contributed by atoms with Crippen LogP contribution in [0.15, 0.2) is 23.8 Å². The number of unbranched alkanes of at least 4 members (excludes halogenated alkanes) is 6. The van der Waals surface area contributed by atoms with Crippen molar-refractivity contribution in [2.75, 3.05) is 13.1 Å². The number of hydrogen-bond acceptors (Lipinski definition) is 1. The Hall–Kier alpha value is -1.05. The molecule has 1 aliphatic rings. The van der Waals surface area contributed by atoms with E-state index in [0.29, 0.717) is 5.91 Å². The molecule has 0 N–H and O–H groups in total. The van der Waals surface area contributed by atoms with Crippen molar-refractivity contribution in [1.82, 2.24) is 4.90 Å². The minimum atomic E-state index is 0.369. The summed E-state index contributed by atoms with van der Waals surface area (Å²) < 4.78 is 0. The van der Waals surface area contributed by atoms with Gasteiger partial charge in [0.25, 0.3) is 0 Å². The van der Waals surface area contributed by atoms with E-state index >= 15 is 0 Å². The molecule has 1 heterocycles. The summed E-state index contributed by atoms with van der Waals surface area (Å²) in [6.07, 6.45) is 22.5. The van der Waals surface area contributed by atoms with Crippen molar-refractivity contribution in [1.29, 1.82) is 0 Å². The Morgan fingerprint density at radius 1 is 0.917 bits per heavy atom. The summed E-state index contributed by atoms with van der Waals surface area (Å²) in [6, 6.07) is 0. The highest BCUT2D eigenvalue weighted by molar-refractivity contribution is 5.76.